The highest BCUT2D eigenvalue weighted by atomic mass is 16.5. The maximum absolute atomic E-state index is 5.81. The molecule has 3 rings (SSSR count). The van der Waals surface area contributed by atoms with Gasteiger partial charge in [0, 0.05) is 38.3 Å². The van der Waals surface area contributed by atoms with Gasteiger partial charge in [0.15, 0.2) is 0 Å². The van der Waals surface area contributed by atoms with Crippen LogP contribution in [0.2, 0.25) is 0 Å². The molecule has 0 aromatic rings. The summed E-state index contributed by atoms with van der Waals surface area (Å²) in [7, 11) is 2.22. The van der Waals surface area contributed by atoms with Crippen LogP contribution in [0.3, 0.4) is 0 Å². The number of hydrogen-bond donors (Lipinski definition) is 1. The highest BCUT2D eigenvalue weighted by molar-refractivity contribution is 4.93. The van der Waals surface area contributed by atoms with Gasteiger partial charge in [0.25, 0.3) is 0 Å². The number of likely N-dealkylation sites (tertiary alicyclic amines) is 1. The molecule has 3 aliphatic rings. The molecule has 0 spiro atoms. The summed E-state index contributed by atoms with van der Waals surface area (Å²) >= 11 is 0. The highest BCUT2D eigenvalue weighted by Crippen LogP contribution is 2.18. The second-order valence-corrected chi connectivity index (χ2v) is 6.93. The average Bonchev–Trinajstić information content (AvgIpc) is 2.97. The van der Waals surface area contributed by atoms with Gasteiger partial charge in [-0.2, -0.15) is 0 Å². The maximum Gasteiger partial charge on any atom is 0.0638 e. The first-order valence-corrected chi connectivity index (χ1v) is 8.75. The van der Waals surface area contributed by atoms with Crippen molar-refractivity contribution in [1.29, 1.82) is 0 Å². The minimum absolute atomic E-state index is 0.534. The zero-order valence-corrected chi connectivity index (χ0v) is 13.8. The SMILES string of the molecule is CCN1CCC(N[C@H]2COC[C@@H]2N2CCN(C)CC2)CC1. The van der Waals surface area contributed by atoms with Gasteiger partial charge in [-0.15, -0.1) is 0 Å². The first-order chi connectivity index (χ1) is 10.3. The molecular weight excluding hydrogens is 264 g/mol. The van der Waals surface area contributed by atoms with Crippen molar-refractivity contribution in [3.05, 3.63) is 0 Å². The van der Waals surface area contributed by atoms with Crippen LogP contribution in [0.5, 0.6) is 0 Å². The fourth-order valence-electron chi connectivity index (χ4n) is 3.93. The van der Waals surface area contributed by atoms with E-state index in [1.165, 1.54) is 58.7 Å². The van der Waals surface area contributed by atoms with Crippen LogP contribution in [0.4, 0.5) is 0 Å². The third-order valence-corrected chi connectivity index (χ3v) is 5.54. The second-order valence-electron chi connectivity index (χ2n) is 6.93. The summed E-state index contributed by atoms with van der Waals surface area (Å²) in [5.41, 5.74) is 0. The molecule has 0 aliphatic carbocycles. The molecule has 0 aromatic heterocycles. The number of likely N-dealkylation sites (N-methyl/N-ethyl adjacent to an activating group) is 1. The van der Waals surface area contributed by atoms with Crippen LogP contribution < -0.4 is 5.32 Å². The fraction of sp³-hybridized carbons (Fsp3) is 1.00. The van der Waals surface area contributed by atoms with Crippen LogP contribution in [0.15, 0.2) is 0 Å². The Balaban J connectivity index is 1.48. The summed E-state index contributed by atoms with van der Waals surface area (Å²) in [5, 5.41) is 3.91. The number of nitrogens with one attached hydrogen (secondary N) is 1. The van der Waals surface area contributed by atoms with E-state index in [0.717, 1.165) is 13.2 Å². The molecule has 2 atom stereocenters. The van der Waals surface area contributed by atoms with E-state index < -0.39 is 0 Å². The average molecular weight is 296 g/mol. The number of ether oxygens (including phenoxy) is 1. The van der Waals surface area contributed by atoms with Gasteiger partial charge in [-0.3, -0.25) is 4.90 Å². The molecular formula is C16H32N4O. The Hall–Kier alpha value is -0.200. The van der Waals surface area contributed by atoms with E-state index in [1.807, 2.05) is 0 Å². The quantitative estimate of drug-likeness (QED) is 0.794. The topological polar surface area (TPSA) is 31.0 Å². The van der Waals surface area contributed by atoms with E-state index in [-0.39, 0.29) is 0 Å². The summed E-state index contributed by atoms with van der Waals surface area (Å²) < 4.78 is 5.81. The largest absolute Gasteiger partial charge is 0.378 e. The first-order valence-electron chi connectivity index (χ1n) is 8.75. The molecule has 5 heteroatoms. The van der Waals surface area contributed by atoms with Gasteiger partial charge in [0.1, 0.15) is 0 Å². The van der Waals surface area contributed by atoms with Crippen LogP contribution in [0.1, 0.15) is 19.8 Å². The molecule has 3 heterocycles. The Kier molecular flexibility index (Phi) is 5.51. The molecule has 3 aliphatic heterocycles. The van der Waals surface area contributed by atoms with E-state index >= 15 is 0 Å². The third-order valence-electron chi connectivity index (χ3n) is 5.54. The number of piperidine rings is 1. The van der Waals surface area contributed by atoms with Crippen LogP contribution in [-0.4, -0.2) is 98.9 Å². The summed E-state index contributed by atoms with van der Waals surface area (Å²) in [5.74, 6) is 0. The smallest absolute Gasteiger partial charge is 0.0638 e. The van der Waals surface area contributed by atoms with Gasteiger partial charge in [-0.25, -0.2) is 0 Å². The Labute approximate surface area is 129 Å². The fourth-order valence-corrected chi connectivity index (χ4v) is 3.93. The van der Waals surface area contributed by atoms with Crippen molar-refractivity contribution < 1.29 is 4.74 Å². The van der Waals surface area contributed by atoms with Gasteiger partial charge in [-0.1, -0.05) is 6.92 Å². The van der Waals surface area contributed by atoms with Gasteiger partial charge in [0.2, 0.25) is 0 Å². The lowest BCUT2D eigenvalue weighted by Crippen LogP contribution is -2.57. The van der Waals surface area contributed by atoms with E-state index in [0.29, 0.717) is 18.1 Å². The van der Waals surface area contributed by atoms with Crippen molar-refractivity contribution in [3.63, 3.8) is 0 Å². The van der Waals surface area contributed by atoms with Crippen molar-refractivity contribution >= 4 is 0 Å². The number of nitrogens with zero attached hydrogens (tertiary/aromatic N) is 3. The monoisotopic (exact) mass is 296 g/mol. The standard InChI is InChI=1S/C16H32N4O/c1-3-19-6-4-14(5-7-19)17-15-12-21-13-16(15)20-10-8-18(2)9-11-20/h14-17H,3-13H2,1-2H3/t15-,16-/m0/s1. The maximum atomic E-state index is 5.81. The lowest BCUT2D eigenvalue weighted by atomic mass is 10.0. The van der Waals surface area contributed by atoms with Crippen LogP contribution >= 0.6 is 0 Å². The molecule has 0 radical (unpaired) electrons. The molecule has 3 saturated heterocycles. The molecule has 0 bridgehead atoms. The van der Waals surface area contributed by atoms with E-state index in [2.05, 4.69) is 34.0 Å². The van der Waals surface area contributed by atoms with Gasteiger partial charge < -0.3 is 19.9 Å². The van der Waals surface area contributed by atoms with Crippen molar-refractivity contribution in [1.82, 2.24) is 20.0 Å². The van der Waals surface area contributed by atoms with Crippen molar-refractivity contribution in [3.8, 4) is 0 Å². The molecule has 0 amide bonds. The minimum Gasteiger partial charge on any atom is -0.378 e. The van der Waals surface area contributed by atoms with E-state index in [9.17, 15) is 0 Å². The predicted octanol–water partition coefficient (Wildman–Crippen LogP) is 0.0751. The molecule has 0 saturated carbocycles. The Morgan fingerprint density at radius 3 is 2.38 bits per heavy atom. The predicted molar refractivity (Wildman–Crippen MR) is 85.7 cm³/mol. The third kappa shape index (κ3) is 3.96. The van der Waals surface area contributed by atoms with Crippen molar-refractivity contribution in [2.24, 2.45) is 0 Å². The summed E-state index contributed by atoms with van der Waals surface area (Å²) in [6, 6.07) is 1.81. The molecule has 3 fully saturated rings. The van der Waals surface area contributed by atoms with Gasteiger partial charge in [-0.05, 0) is 39.5 Å². The lowest BCUT2D eigenvalue weighted by Gasteiger charge is -2.40. The second kappa shape index (κ2) is 7.38. The van der Waals surface area contributed by atoms with Crippen molar-refractivity contribution in [2.75, 3.05) is 66.1 Å². The zero-order valence-electron chi connectivity index (χ0n) is 13.8. The molecule has 0 aromatic carbocycles. The molecule has 122 valence electrons. The van der Waals surface area contributed by atoms with E-state index in [4.69, 9.17) is 4.74 Å². The molecule has 21 heavy (non-hydrogen) atoms. The number of piperazine rings is 1. The summed E-state index contributed by atoms with van der Waals surface area (Å²) in [6.07, 6.45) is 2.58. The highest BCUT2D eigenvalue weighted by Gasteiger charge is 2.35. The Morgan fingerprint density at radius 2 is 1.71 bits per heavy atom. The van der Waals surface area contributed by atoms with Crippen LogP contribution in [-0.2, 0) is 4.74 Å². The van der Waals surface area contributed by atoms with Gasteiger partial charge in [0.05, 0.1) is 19.3 Å². The first kappa shape index (κ1) is 15.7. The summed E-state index contributed by atoms with van der Waals surface area (Å²) in [6.45, 7) is 12.5. The van der Waals surface area contributed by atoms with Crippen LogP contribution in [0, 0.1) is 0 Å². The van der Waals surface area contributed by atoms with Crippen molar-refractivity contribution in [2.45, 2.75) is 37.9 Å². The zero-order chi connectivity index (χ0) is 14.7. The van der Waals surface area contributed by atoms with Crippen LogP contribution in [0.25, 0.3) is 0 Å². The molecule has 5 nitrogen and oxygen atoms in total. The number of hydrogen-bond acceptors (Lipinski definition) is 5. The molecule has 0 unspecified atom stereocenters. The number of rotatable bonds is 4. The lowest BCUT2D eigenvalue weighted by molar-refractivity contribution is 0.0887. The van der Waals surface area contributed by atoms with Gasteiger partial charge >= 0.3 is 0 Å². The molecule has 1 N–H and O–H groups in total. The minimum atomic E-state index is 0.534. The van der Waals surface area contributed by atoms with E-state index in [1.54, 1.807) is 0 Å². The Bertz CT molecular complexity index is 311. The summed E-state index contributed by atoms with van der Waals surface area (Å²) in [4.78, 5) is 7.63. The normalized spacial score (nSPS) is 34.6. The Morgan fingerprint density at radius 1 is 1.00 bits per heavy atom.